The van der Waals surface area contributed by atoms with Gasteiger partial charge in [-0.3, -0.25) is 0 Å². The van der Waals surface area contributed by atoms with E-state index in [-0.39, 0.29) is 0 Å². The third-order valence-corrected chi connectivity index (χ3v) is 3.95. The zero-order valence-electron chi connectivity index (χ0n) is 9.20. The van der Waals surface area contributed by atoms with Gasteiger partial charge in [0, 0.05) is 29.7 Å². The summed E-state index contributed by atoms with van der Waals surface area (Å²) >= 11 is 1.74. The van der Waals surface area contributed by atoms with Crippen LogP contribution in [0.5, 0.6) is 0 Å². The number of hydrogen-bond acceptors (Lipinski definition) is 4. The van der Waals surface area contributed by atoms with Crippen molar-refractivity contribution in [2.24, 2.45) is 5.73 Å². The molecule has 0 radical (unpaired) electrons. The molecule has 1 heterocycles. The Balaban J connectivity index is 1.74. The van der Waals surface area contributed by atoms with E-state index < -0.39 is 0 Å². The zero-order valence-corrected chi connectivity index (χ0v) is 10.0. The first kappa shape index (κ1) is 11.0. The van der Waals surface area contributed by atoms with Gasteiger partial charge in [0.1, 0.15) is 5.01 Å². The largest absolute Gasteiger partial charge is 0.328 e. The minimum atomic E-state index is 0.435. The molecule has 1 saturated carbocycles. The van der Waals surface area contributed by atoms with E-state index in [0.717, 1.165) is 25.1 Å². The van der Waals surface area contributed by atoms with Crippen molar-refractivity contribution in [2.75, 3.05) is 0 Å². The Labute approximate surface area is 95.1 Å². The molecule has 2 rings (SSSR count). The number of aromatic nitrogens is 1. The number of nitrogens with two attached hydrogens (primary N) is 1. The summed E-state index contributed by atoms with van der Waals surface area (Å²) in [4.78, 5) is 4.44. The summed E-state index contributed by atoms with van der Waals surface area (Å²) in [6.07, 6.45) is 4.75. The molecule has 1 aliphatic carbocycles. The minimum absolute atomic E-state index is 0.435. The maximum Gasteiger partial charge on any atom is 0.107 e. The van der Waals surface area contributed by atoms with Gasteiger partial charge in [-0.15, -0.1) is 11.3 Å². The number of aryl methyl sites for hydroxylation is 1. The Morgan fingerprint density at radius 1 is 1.47 bits per heavy atom. The van der Waals surface area contributed by atoms with Gasteiger partial charge in [-0.2, -0.15) is 0 Å². The van der Waals surface area contributed by atoms with Crippen molar-refractivity contribution in [3.05, 3.63) is 16.1 Å². The molecule has 1 aliphatic rings. The van der Waals surface area contributed by atoms with Crippen LogP contribution in [0.3, 0.4) is 0 Å². The van der Waals surface area contributed by atoms with E-state index >= 15 is 0 Å². The van der Waals surface area contributed by atoms with E-state index in [1.165, 1.54) is 17.8 Å². The zero-order chi connectivity index (χ0) is 10.7. The van der Waals surface area contributed by atoms with Gasteiger partial charge in [0.25, 0.3) is 0 Å². The SMILES string of the molecule is Cc1csc(CNC2CCC(N)CC2)n1. The van der Waals surface area contributed by atoms with Crippen LogP contribution in [0, 0.1) is 6.92 Å². The van der Waals surface area contributed by atoms with Gasteiger partial charge in [-0.1, -0.05) is 0 Å². The summed E-state index contributed by atoms with van der Waals surface area (Å²) < 4.78 is 0. The van der Waals surface area contributed by atoms with E-state index in [4.69, 9.17) is 5.73 Å². The lowest BCUT2D eigenvalue weighted by Crippen LogP contribution is -2.36. The highest BCUT2D eigenvalue weighted by atomic mass is 32.1. The molecular formula is C11H19N3S. The topological polar surface area (TPSA) is 50.9 Å². The first-order chi connectivity index (χ1) is 7.24. The fourth-order valence-electron chi connectivity index (χ4n) is 2.04. The van der Waals surface area contributed by atoms with Crippen LogP contribution < -0.4 is 11.1 Å². The standard InChI is InChI=1S/C11H19N3S/c1-8-7-15-11(14-8)6-13-10-4-2-9(12)3-5-10/h7,9-10,13H,2-6,12H2,1H3. The number of thiazole rings is 1. The predicted octanol–water partition coefficient (Wildman–Crippen LogP) is 1.81. The third-order valence-electron chi connectivity index (χ3n) is 2.98. The minimum Gasteiger partial charge on any atom is -0.328 e. The molecule has 3 N–H and O–H groups in total. The smallest absolute Gasteiger partial charge is 0.107 e. The fourth-order valence-corrected chi connectivity index (χ4v) is 2.76. The van der Waals surface area contributed by atoms with Crippen LogP contribution in [0.4, 0.5) is 0 Å². The molecule has 3 nitrogen and oxygen atoms in total. The first-order valence-electron chi connectivity index (χ1n) is 5.64. The summed E-state index contributed by atoms with van der Waals surface area (Å²) in [7, 11) is 0. The molecule has 1 aromatic heterocycles. The second-order valence-corrected chi connectivity index (χ2v) is 5.32. The molecule has 0 atom stereocenters. The Hall–Kier alpha value is -0.450. The van der Waals surface area contributed by atoms with Crippen molar-refractivity contribution in [1.29, 1.82) is 0 Å². The molecule has 0 aliphatic heterocycles. The fraction of sp³-hybridized carbons (Fsp3) is 0.727. The van der Waals surface area contributed by atoms with Gasteiger partial charge >= 0.3 is 0 Å². The predicted molar refractivity (Wildman–Crippen MR) is 63.9 cm³/mol. The molecule has 0 bridgehead atoms. The highest BCUT2D eigenvalue weighted by Crippen LogP contribution is 2.17. The molecule has 0 aromatic carbocycles. The molecule has 15 heavy (non-hydrogen) atoms. The molecule has 1 aromatic rings. The monoisotopic (exact) mass is 225 g/mol. The Bertz CT molecular complexity index is 303. The number of nitrogens with one attached hydrogen (secondary N) is 1. The number of nitrogens with zero attached hydrogens (tertiary/aromatic N) is 1. The highest BCUT2D eigenvalue weighted by Gasteiger charge is 2.17. The van der Waals surface area contributed by atoms with E-state index in [1.54, 1.807) is 11.3 Å². The van der Waals surface area contributed by atoms with E-state index in [2.05, 4.69) is 15.7 Å². The van der Waals surface area contributed by atoms with Crippen LogP contribution in [-0.4, -0.2) is 17.1 Å². The van der Waals surface area contributed by atoms with Crippen LogP contribution in [0.25, 0.3) is 0 Å². The number of hydrogen-bond donors (Lipinski definition) is 2. The van der Waals surface area contributed by atoms with Crippen LogP contribution in [-0.2, 0) is 6.54 Å². The van der Waals surface area contributed by atoms with Gasteiger partial charge in [0.15, 0.2) is 0 Å². The Kier molecular flexibility index (Phi) is 3.72. The molecule has 0 amide bonds. The lowest BCUT2D eigenvalue weighted by atomic mass is 9.92. The van der Waals surface area contributed by atoms with Crippen LogP contribution in [0.1, 0.15) is 36.4 Å². The van der Waals surface area contributed by atoms with Crippen molar-refractivity contribution in [3.8, 4) is 0 Å². The average Bonchev–Trinajstić information content (AvgIpc) is 2.64. The molecule has 0 unspecified atom stereocenters. The van der Waals surface area contributed by atoms with Gasteiger partial charge in [0.2, 0.25) is 0 Å². The van der Waals surface area contributed by atoms with E-state index in [0.29, 0.717) is 12.1 Å². The Morgan fingerprint density at radius 3 is 2.80 bits per heavy atom. The van der Waals surface area contributed by atoms with Crippen LogP contribution in [0.2, 0.25) is 0 Å². The van der Waals surface area contributed by atoms with Gasteiger partial charge in [0.05, 0.1) is 0 Å². The van der Waals surface area contributed by atoms with Gasteiger partial charge in [-0.05, 0) is 32.6 Å². The van der Waals surface area contributed by atoms with Crippen molar-refractivity contribution >= 4 is 11.3 Å². The van der Waals surface area contributed by atoms with Gasteiger partial charge in [-0.25, -0.2) is 4.98 Å². The summed E-state index contributed by atoms with van der Waals surface area (Å²) in [6.45, 7) is 2.96. The van der Waals surface area contributed by atoms with E-state index in [1.807, 2.05) is 6.92 Å². The van der Waals surface area contributed by atoms with Crippen molar-refractivity contribution in [3.63, 3.8) is 0 Å². The average molecular weight is 225 g/mol. The maximum absolute atomic E-state index is 5.87. The lowest BCUT2D eigenvalue weighted by molar-refractivity contribution is 0.341. The summed E-state index contributed by atoms with van der Waals surface area (Å²) in [6, 6.07) is 1.08. The summed E-state index contributed by atoms with van der Waals surface area (Å²) in [5.74, 6) is 0. The van der Waals surface area contributed by atoms with Crippen molar-refractivity contribution in [1.82, 2.24) is 10.3 Å². The molecule has 0 spiro atoms. The second-order valence-electron chi connectivity index (χ2n) is 4.38. The molecule has 4 heteroatoms. The normalized spacial score (nSPS) is 26.8. The van der Waals surface area contributed by atoms with Crippen molar-refractivity contribution < 1.29 is 0 Å². The quantitative estimate of drug-likeness (QED) is 0.825. The highest BCUT2D eigenvalue weighted by molar-refractivity contribution is 7.09. The van der Waals surface area contributed by atoms with Crippen molar-refractivity contribution in [2.45, 2.75) is 51.2 Å². The van der Waals surface area contributed by atoms with E-state index in [9.17, 15) is 0 Å². The lowest BCUT2D eigenvalue weighted by Gasteiger charge is -2.26. The third kappa shape index (κ3) is 3.26. The second kappa shape index (κ2) is 5.05. The molecule has 84 valence electrons. The summed E-state index contributed by atoms with van der Waals surface area (Å²) in [5, 5.41) is 6.87. The Morgan fingerprint density at radius 2 is 2.20 bits per heavy atom. The molecular weight excluding hydrogens is 206 g/mol. The summed E-state index contributed by atoms with van der Waals surface area (Å²) in [5.41, 5.74) is 7.00. The maximum atomic E-state index is 5.87. The van der Waals surface area contributed by atoms with Crippen LogP contribution in [0.15, 0.2) is 5.38 Å². The van der Waals surface area contributed by atoms with Crippen LogP contribution >= 0.6 is 11.3 Å². The molecule has 1 fully saturated rings. The molecule has 0 saturated heterocycles. The van der Waals surface area contributed by atoms with Gasteiger partial charge < -0.3 is 11.1 Å². The number of rotatable bonds is 3. The first-order valence-corrected chi connectivity index (χ1v) is 6.52.